The van der Waals surface area contributed by atoms with E-state index in [1.807, 2.05) is 0 Å². The quantitative estimate of drug-likeness (QED) is 0.767. The Morgan fingerprint density at radius 3 is 2.68 bits per heavy atom. The second-order valence-corrected chi connectivity index (χ2v) is 8.08. The van der Waals surface area contributed by atoms with E-state index in [1.165, 1.54) is 17.2 Å². The predicted octanol–water partition coefficient (Wildman–Crippen LogP) is 3.02. The zero-order valence-corrected chi connectivity index (χ0v) is 16.2. The van der Waals surface area contributed by atoms with Crippen LogP contribution in [0.4, 0.5) is 13.6 Å². The Hall–Kier alpha value is -2.29. The van der Waals surface area contributed by atoms with Crippen molar-refractivity contribution < 1.29 is 27.9 Å². The maximum Gasteiger partial charge on any atom is 0.410 e. The van der Waals surface area contributed by atoms with Gasteiger partial charge in [0.05, 0.1) is 31.3 Å². The first-order chi connectivity index (χ1) is 13.2. The highest BCUT2D eigenvalue weighted by atomic mass is 19.1. The summed E-state index contributed by atoms with van der Waals surface area (Å²) in [5.74, 6) is -1.94. The minimum atomic E-state index is -1.54. The fourth-order valence-corrected chi connectivity index (χ4v) is 3.44. The molecule has 154 valence electrons. The van der Waals surface area contributed by atoms with Gasteiger partial charge in [0.15, 0.2) is 0 Å². The average Bonchev–Trinajstić information content (AvgIpc) is 3.09. The summed E-state index contributed by atoms with van der Waals surface area (Å²) in [7, 11) is 0. The van der Waals surface area contributed by atoms with Crippen molar-refractivity contribution in [2.45, 2.75) is 51.4 Å². The minimum absolute atomic E-state index is 0.160. The van der Waals surface area contributed by atoms with Crippen LogP contribution in [0, 0.1) is 11.7 Å². The highest BCUT2D eigenvalue weighted by Crippen LogP contribution is 2.34. The summed E-state index contributed by atoms with van der Waals surface area (Å²) in [6.45, 7) is 5.48. The zero-order valence-electron chi connectivity index (χ0n) is 16.2. The second kappa shape index (κ2) is 7.98. The van der Waals surface area contributed by atoms with Gasteiger partial charge in [-0.3, -0.25) is 14.6 Å². The number of hydroxylamine groups is 2. The van der Waals surface area contributed by atoms with E-state index in [-0.39, 0.29) is 26.1 Å². The van der Waals surface area contributed by atoms with Crippen molar-refractivity contribution in [3.63, 3.8) is 0 Å². The van der Waals surface area contributed by atoms with Crippen molar-refractivity contribution in [2.24, 2.45) is 5.92 Å². The summed E-state index contributed by atoms with van der Waals surface area (Å²) in [6.07, 6.45) is 1.06. The van der Waals surface area contributed by atoms with Gasteiger partial charge in [-0.1, -0.05) is 0 Å². The van der Waals surface area contributed by atoms with E-state index >= 15 is 0 Å². The number of ether oxygens (including phenoxy) is 1. The van der Waals surface area contributed by atoms with Crippen molar-refractivity contribution in [3.05, 3.63) is 29.8 Å². The molecule has 2 aliphatic rings. The van der Waals surface area contributed by atoms with Gasteiger partial charge in [0.2, 0.25) is 0 Å². The van der Waals surface area contributed by atoms with E-state index < -0.39 is 41.6 Å². The highest BCUT2D eigenvalue weighted by molar-refractivity contribution is 5.80. The van der Waals surface area contributed by atoms with E-state index in [2.05, 4.69) is 4.98 Å². The van der Waals surface area contributed by atoms with Crippen LogP contribution in [0.1, 0.15) is 45.2 Å². The Kier molecular flexibility index (Phi) is 5.83. The molecule has 0 saturated carbocycles. The molecular weight excluding hydrogens is 372 g/mol. The maximum absolute atomic E-state index is 14.8. The van der Waals surface area contributed by atoms with Crippen molar-refractivity contribution in [3.8, 4) is 0 Å². The molecule has 1 aromatic heterocycles. The molecule has 0 bridgehead atoms. The highest BCUT2D eigenvalue weighted by Gasteiger charge is 2.43. The molecule has 3 atom stereocenters. The number of pyridine rings is 1. The van der Waals surface area contributed by atoms with Gasteiger partial charge in [0, 0.05) is 19.2 Å². The topological polar surface area (TPSA) is 72.0 Å². The van der Waals surface area contributed by atoms with Crippen molar-refractivity contribution in [1.82, 2.24) is 14.9 Å². The van der Waals surface area contributed by atoms with Gasteiger partial charge < -0.3 is 9.64 Å². The molecule has 0 N–H and O–H groups in total. The third-order valence-corrected chi connectivity index (χ3v) is 4.74. The number of hydrogen-bond donors (Lipinski definition) is 0. The lowest BCUT2D eigenvalue weighted by Gasteiger charge is -2.36. The van der Waals surface area contributed by atoms with Crippen molar-refractivity contribution in [1.29, 1.82) is 0 Å². The van der Waals surface area contributed by atoms with Crippen LogP contribution >= 0.6 is 0 Å². The number of carbonyl (C=O) groups is 2. The lowest BCUT2D eigenvalue weighted by molar-refractivity contribution is -0.185. The number of rotatable bonds is 2. The van der Waals surface area contributed by atoms with E-state index in [0.717, 1.165) is 11.3 Å². The van der Waals surface area contributed by atoms with Crippen molar-refractivity contribution >= 4 is 12.0 Å². The molecule has 0 aromatic carbocycles. The number of aromatic nitrogens is 1. The SMILES string of the molecule is CC(C)(C)OC(=O)N1CCC(C(=O)N2OCCC2c2cncc(F)c2)C(F)C1. The molecule has 3 heterocycles. The Balaban J connectivity index is 1.65. The molecule has 3 unspecified atom stereocenters. The maximum atomic E-state index is 14.8. The largest absolute Gasteiger partial charge is 0.444 e. The van der Waals surface area contributed by atoms with E-state index in [9.17, 15) is 18.4 Å². The van der Waals surface area contributed by atoms with Gasteiger partial charge in [-0.2, -0.15) is 0 Å². The standard InChI is InChI=1S/C19H25F2N3O4/c1-19(2,3)28-18(26)23-6-4-14(15(21)11-23)17(25)24-16(5-7-27-24)12-8-13(20)10-22-9-12/h8-10,14-16H,4-7,11H2,1-3H3. The van der Waals surface area contributed by atoms with Gasteiger partial charge in [0.1, 0.15) is 17.6 Å². The van der Waals surface area contributed by atoms with Crippen LogP contribution in [0.5, 0.6) is 0 Å². The first kappa shape index (κ1) is 20.4. The molecule has 0 spiro atoms. The smallest absolute Gasteiger partial charge is 0.410 e. The summed E-state index contributed by atoms with van der Waals surface area (Å²) in [5, 5.41) is 1.14. The minimum Gasteiger partial charge on any atom is -0.444 e. The third-order valence-electron chi connectivity index (χ3n) is 4.74. The summed E-state index contributed by atoms with van der Waals surface area (Å²) in [4.78, 5) is 35.5. The third kappa shape index (κ3) is 4.57. The van der Waals surface area contributed by atoms with E-state index in [1.54, 1.807) is 20.8 Å². The fourth-order valence-electron chi connectivity index (χ4n) is 3.44. The van der Waals surface area contributed by atoms with E-state index in [0.29, 0.717) is 12.0 Å². The molecule has 0 radical (unpaired) electrons. The second-order valence-electron chi connectivity index (χ2n) is 8.08. The number of likely N-dealkylation sites (tertiary alicyclic amines) is 1. The van der Waals surface area contributed by atoms with Crippen LogP contribution in [0.2, 0.25) is 0 Å². The summed E-state index contributed by atoms with van der Waals surface area (Å²) in [5.41, 5.74) is -0.169. The van der Waals surface area contributed by atoms with Crippen LogP contribution in [0.3, 0.4) is 0 Å². The summed E-state index contributed by atoms with van der Waals surface area (Å²) < 4.78 is 33.5. The molecular formula is C19H25F2N3O4. The number of piperidine rings is 1. The molecule has 2 aliphatic heterocycles. The van der Waals surface area contributed by atoms with Crippen LogP contribution in [0.25, 0.3) is 0 Å². The molecule has 2 amide bonds. The van der Waals surface area contributed by atoms with Gasteiger partial charge in [-0.15, -0.1) is 0 Å². The number of halogens is 2. The first-order valence-corrected chi connectivity index (χ1v) is 9.34. The zero-order chi connectivity index (χ0) is 20.5. The lowest BCUT2D eigenvalue weighted by atomic mass is 9.93. The number of carbonyl (C=O) groups excluding carboxylic acids is 2. The predicted molar refractivity (Wildman–Crippen MR) is 95.2 cm³/mol. The molecule has 2 saturated heterocycles. The fraction of sp³-hybridized carbons (Fsp3) is 0.632. The van der Waals surface area contributed by atoms with Gasteiger partial charge in [-0.05, 0) is 38.8 Å². The molecule has 9 heteroatoms. The number of nitrogens with zero attached hydrogens (tertiary/aromatic N) is 3. The molecule has 28 heavy (non-hydrogen) atoms. The van der Waals surface area contributed by atoms with Crippen LogP contribution in [-0.2, 0) is 14.4 Å². The van der Waals surface area contributed by atoms with Crippen LogP contribution in [0.15, 0.2) is 18.5 Å². The summed E-state index contributed by atoms with van der Waals surface area (Å²) in [6, 6.07) is 0.789. The van der Waals surface area contributed by atoms with Crippen LogP contribution < -0.4 is 0 Å². The average molecular weight is 397 g/mol. The normalized spacial score (nSPS) is 25.7. The Morgan fingerprint density at radius 2 is 2.04 bits per heavy atom. The number of amides is 2. The first-order valence-electron chi connectivity index (χ1n) is 9.34. The monoisotopic (exact) mass is 397 g/mol. The molecule has 2 fully saturated rings. The molecule has 7 nitrogen and oxygen atoms in total. The van der Waals surface area contributed by atoms with Gasteiger partial charge in [0.25, 0.3) is 5.91 Å². The Labute approximate surface area is 162 Å². The van der Waals surface area contributed by atoms with Crippen molar-refractivity contribution in [2.75, 3.05) is 19.7 Å². The van der Waals surface area contributed by atoms with Gasteiger partial charge >= 0.3 is 6.09 Å². The summed E-state index contributed by atoms with van der Waals surface area (Å²) >= 11 is 0. The Bertz CT molecular complexity index is 740. The molecule has 1 aromatic rings. The lowest BCUT2D eigenvalue weighted by Crippen LogP contribution is -2.51. The number of hydrogen-bond acceptors (Lipinski definition) is 5. The molecule has 0 aliphatic carbocycles. The van der Waals surface area contributed by atoms with Crippen LogP contribution in [-0.4, -0.2) is 58.4 Å². The van der Waals surface area contributed by atoms with Gasteiger partial charge in [-0.25, -0.2) is 18.6 Å². The van der Waals surface area contributed by atoms with E-state index in [4.69, 9.17) is 9.57 Å². The molecule has 3 rings (SSSR count). The Morgan fingerprint density at radius 1 is 1.29 bits per heavy atom. The number of alkyl halides is 1.